The summed E-state index contributed by atoms with van der Waals surface area (Å²) in [5, 5.41) is 7.86. The summed E-state index contributed by atoms with van der Waals surface area (Å²) >= 11 is 0. The van der Waals surface area contributed by atoms with Crippen LogP contribution in [0.25, 0.3) is 11.0 Å². The quantitative estimate of drug-likeness (QED) is 0.674. The summed E-state index contributed by atoms with van der Waals surface area (Å²) < 4.78 is 17.1. The van der Waals surface area contributed by atoms with E-state index in [0.29, 0.717) is 31.0 Å². The first-order valence-corrected chi connectivity index (χ1v) is 10.2. The predicted molar refractivity (Wildman–Crippen MR) is 113 cm³/mol. The number of nitrogens with zero attached hydrogens (tertiary/aromatic N) is 5. The molecule has 3 heterocycles. The van der Waals surface area contributed by atoms with Crippen molar-refractivity contribution in [3.8, 4) is 0 Å². The van der Waals surface area contributed by atoms with Crippen molar-refractivity contribution in [1.29, 1.82) is 0 Å². The number of alkyl carbamates (subject to hydrolysis) is 1. The lowest BCUT2D eigenvalue weighted by Crippen LogP contribution is -2.51. The fourth-order valence-electron chi connectivity index (χ4n) is 3.63. The standard InChI is InChI=1S/C20H30N6O5/c1-20(2,3)31-19(28)21-9-13-8-14(29-4)6-7-25(13)17-15-10-24-26(11-16(27)30-5)18(15)23-12-22-17/h10,12-14H,6-9,11H2,1-5H3,(H,21,28)/t13-,14-/m1/s1. The van der Waals surface area contributed by atoms with E-state index in [1.54, 1.807) is 13.3 Å². The molecular weight excluding hydrogens is 404 g/mol. The minimum Gasteiger partial charge on any atom is -0.468 e. The zero-order valence-corrected chi connectivity index (χ0v) is 18.6. The second kappa shape index (κ2) is 9.46. The van der Waals surface area contributed by atoms with Crippen LogP contribution in [-0.2, 0) is 25.5 Å². The molecule has 0 radical (unpaired) electrons. The molecule has 1 aliphatic rings. The molecule has 0 spiro atoms. The SMILES string of the molecule is COC(=O)Cn1ncc2c(N3CC[C@@H](OC)C[C@@H]3CNC(=O)OC(C)(C)C)ncnc21. The average Bonchev–Trinajstić information content (AvgIpc) is 3.13. The fraction of sp³-hybridized carbons (Fsp3) is 0.650. The second-order valence-corrected chi connectivity index (χ2v) is 8.43. The number of aromatic nitrogens is 4. The van der Waals surface area contributed by atoms with Crippen LogP contribution in [-0.4, -0.2) is 76.9 Å². The summed E-state index contributed by atoms with van der Waals surface area (Å²) in [5.74, 6) is 0.289. The van der Waals surface area contributed by atoms with Crippen LogP contribution >= 0.6 is 0 Å². The lowest BCUT2D eigenvalue weighted by Gasteiger charge is -2.40. The Bertz CT molecular complexity index is 924. The number of fused-ring (bicyclic) bond motifs is 1. The minimum absolute atomic E-state index is 0.0359. The van der Waals surface area contributed by atoms with Gasteiger partial charge in [-0.15, -0.1) is 0 Å². The van der Waals surface area contributed by atoms with Gasteiger partial charge in [-0.3, -0.25) is 4.79 Å². The number of methoxy groups -OCH3 is 2. The highest BCUT2D eigenvalue weighted by Gasteiger charge is 2.32. The molecule has 11 heteroatoms. The van der Waals surface area contributed by atoms with E-state index in [2.05, 4.69) is 25.3 Å². The van der Waals surface area contributed by atoms with Crippen LogP contribution in [0.5, 0.6) is 0 Å². The number of amides is 1. The molecule has 11 nitrogen and oxygen atoms in total. The summed E-state index contributed by atoms with van der Waals surface area (Å²) in [5.41, 5.74) is -0.0264. The summed E-state index contributed by atoms with van der Waals surface area (Å²) in [4.78, 5) is 34.8. The van der Waals surface area contributed by atoms with E-state index in [1.165, 1.54) is 18.1 Å². The predicted octanol–water partition coefficient (Wildman–Crippen LogP) is 1.51. The molecule has 1 saturated heterocycles. The van der Waals surface area contributed by atoms with E-state index in [4.69, 9.17) is 14.2 Å². The molecule has 170 valence electrons. The van der Waals surface area contributed by atoms with Crippen molar-refractivity contribution < 1.29 is 23.8 Å². The molecular formula is C20H30N6O5. The van der Waals surface area contributed by atoms with Gasteiger partial charge < -0.3 is 24.4 Å². The van der Waals surface area contributed by atoms with E-state index in [0.717, 1.165) is 11.8 Å². The first-order valence-electron chi connectivity index (χ1n) is 10.2. The van der Waals surface area contributed by atoms with Crippen LogP contribution in [0.2, 0.25) is 0 Å². The number of carbonyl (C=O) groups is 2. The maximum atomic E-state index is 12.2. The Morgan fingerprint density at radius 1 is 1.26 bits per heavy atom. The number of esters is 1. The Labute approximate surface area is 181 Å². The molecule has 0 aromatic carbocycles. The molecule has 1 amide bonds. The van der Waals surface area contributed by atoms with Gasteiger partial charge in [-0.05, 0) is 33.6 Å². The maximum absolute atomic E-state index is 12.2. The van der Waals surface area contributed by atoms with E-state index in [-0.39, 0.29) is 18.7 Å². The molecule has 1 fully saturated rings. The maximum Gasteiger partial charge on any atom is 0.407 e. The summed E-state index contributed by atoms with van der Waals surface area (Å²) in [6.45, 7) is 6.49. The van der Waals surface area contributed by atoms with Gasteiger partial charge >= 0.3 is 12.1 Å². The number of ether oxygens (including phenoxy) is 3. The molecule has 0 bridgehead atoms. The largest absolute Gasteiger partial charge is 0.468 e. The number of hydrogen-bond donors (Lipinski definition) is 1. The van der Waals surface area contributed by atoms with Crippen LogP contribution in [0.1, 0.15) is 33.6 Å². The normalized spacial score (nSPS) is 19.3. The lowest BCUT2D eigenvalue weighted by molar-refractivity contribution is -0.141. The minimum atomic E-state index is -0.571. The van der Waals surface area contributed by atoms with Crippen molar-refractivity contribution in [3.05, 3.63) is 12.5 Å². The monoisotopic (exact) mass is 434 g/mol. The number of anilines is 1. The van der Waals surface area contributed by atoms with Gasteiger partial charge in [-0.1, -0.05) is 0 Å². The van der Waals surface area contributed by atoms with Crippen molar-refractivity contribution in [3.63, 3.8) is 0 Å². The van der Waals surface area contributed by atoms with Gasteiger partial charge in [-0.2, -0.15) is 5.10 Å². The molecule has 0 saturated carbocycles. The van der Waals surface area contributed by atoms with Crippen molar-refractivity contribution in [1.82, 2.24) is 25.1 Å². The average molecular weight is 434 g/mol. The van der Waals surface area contributed by atoms with E-state index >= 15 is 0 Å². The topological polar surface area (TPSA) is 121 Å². The summed E-state index contributed by atoms with van der Waals surface area (Å²) in [7, 11) is 3.02. The van der Waals surface area contributed by atoms with E-state index in [1.807, 2.05) is 20.8 Å². The molecule has 2 atom stereocenters. The van der Waals surface area contributed by atoms with Crippen LogP contribution < -0.4 is 10.2 Å². The van der Waals surface area contributed by atoms with Gasteiger partial charge in [0.25, 0.3) is 0 Å². The Balaban J connectivity index is 1.83. The Morgan fingerprint density at radius 3 is 2.71 bits per heavy atom. The van der Waals surface area contributed by atoms with E-state index < -0.39 is 17.7 Å². The Kier molecular flexibility index (Phi) is 6.94. The highest BCUT2D eigenvalue weighted by Crippen LogP contribution is 2.29. The number of hydrogen-bond acceptors (Lipinski definition) is 9. The number of carbonyl (C=O) groups excluding carboxylic acids is 2. The smallest absolute Gasteiger partial charge is 0.407 e. The zero-order chi connectivity index (χ0) is 22.6. The molecule has 1 aliphatic heterocycles. The number of rotatable bonds is 6. The summed E-state index contributed by atoms with van der Waals surface area (Å²) in [6.07, 6.45) is 4.25. The highest BCUT2D eigenvalue weighted by atomic mass is 16.6. The van der Waals surface area contributed by atoms with Crippen molar-refractivity contribution in [2.45, 2.75) is 57.9 Å². The van der Waals surface area contributed by atoms with Crippen molar-refractivity contribution >= 4 is 28.9 Å². The number of nitrogens with one attached hydrogen (secondary N) is 1. The highest BCUT2D eigenvalue weighted by molar-refractivity contribution is 5.87. The van der Waals surface area contributed by atoms with Gasteiger partial charge in [0.15, 0.2) is 5.65 Å². The number of piperidine rings is 1. The lowest BCUT2D eigenvalue weighted by atomic mass is 9.98. The third kappa shape index (κ3) is 5.60. The molecule has 0 unspecified atom stereocenters. The second-order valence-electron chi connectivity index (χ2n) is 8.43. The fourth-order valence-corrected chi connectivity index (χ4v) is 3.63. The van der Waals surface area contributed by atoms with Gasteiger partial charge in [0.1, 0.15) is 24.3 Å². The molecule has 0 aliphatic carbocycles. The van der Waals surface area contributed by atoms with Crippen LogP contribution in [0.4, 0.5) is 10.6 Å². The third-order valence-electron chi connectivity index (χ3n) is 5.07. The zero-order valence-electron chi connectivity index (χ0n) is 18.6. The Morgan fingerprint density at radius 2 is 2.03 bits per heavy atom. The molecule has 2 aromatic rings. The molecule has 1 N–H and O–H groups in total. The first-order chi connectivity index (χ1) is 14.7. The van der Waals surface area contributed by atoms with E-state index in [9.17, 15) is 9.59 Å². The van der Waals surface area contributed by atoms with Gasteiger partial charge in [0.05, 0.1) is 30.8 Å². The molecule has 31 heavy (non-hydrogen) atoms. The summed E-state index contributed by atoms with van der Waals surface area (Å²) in [6, 6.07) is -0.0618. The van der Waals surface area contributed by atoms with Crippen LogP contribution in [0, 0.1) is 0 Å². The van der Waals surface area contributed by atoms with Gasteiger partial charge in [-0.25, -0.2) is 19.4 Å². The van der Waals surface area contributed by atoms with Crippen molar-refractivity contribution in [2.75, 3.05) is 32.2 Å². The first kappa shape index (κ1) is 22.7. The third-order valence-corrected chi connectivity index (χ3v) is 5.07. The van der Waals surface area contributed by atoms with Gasteiger partial charge in [0, 0.05) is 20.2 Å². The van der Waals surface area contributed by atoms with Gasteiger partial charge in [0.2, 0.25) is 0 Å². The Hall–Kier alpha value is -2.95. The van der Waals surface area contributed by atoms with Crippen molar-refractivity contribution in [2.24, 2.45) is 0 Å². The van der Waals surface area contributed by atoms with Crippen LogP contribution in [0.15, 0.2) is 12.5 Å². The molecule has 3 rings (SSSR count). The molecule has 2 aromatic heterocycles. The van der Waals surface area contributed by atoms with Crippen LogP contribution in [0.3, 0.4) is 0 Å².